The van der Waals surface area contributed by atoms with Crippen molar-refractivity contribution < 1.29 is 57.2 Å². The van der Waals surface area contributed by atoms with Gasteiger partial charge < -0.3 is 43.1 Å². The Labute approximate surface area is 513 Å². The summed E-state index contributed by atoms with van der Waals surface area (Å²) >= 11 is 0. The van der Waals surface area contributed by atoms with Gasteiger partial charge in [-0.15, -0.1) is 0 Å². The van der Waals surface area contributed by atoms with Gasteiger partial charge in [-0.1, -0.05) is 169 Å². The number of ether oxygens (including phenoxy) is 6. The molecule has 15 heteroatoms. The van der Waals surface area contributed by atoms with E-state index in [1.54, 1.807) is 0 Å². The van der Waals surface area contributed by atoms with Crippen LogP contribution in [0.3, 0.4) is 0 Å². The van der Waals surface area contributed by atoms with Crippen LogP contribution in [0.5, 0.6) is 0 Å². The predicted octanol–water partition coefficient (Wildman–Crippen LogP) is 15.3. The Hall–Kier alpha value is -3.82. The highest BCUT2D eigenvalue weighted by atomic mass is 16.6. The van der Waals surface area contributed by atoms with Crippen LogP contribution in [-0.4, -0.2) is 150 Å². The fourth-order valence-electron chi connectivity index (χ4n) is 9.86. The molecule has 0 heterocycles. The van der Waals surface area contributed by atoms with Crippen LogP contribution in [0, 0.1) is 11.8 Å². The van der Waals surface area contributed by atoms with Crippen LogP contribution < -0.4 is 0 Å². The van der Waals surface area contributed by atoms with Crippen molar-refractivity contribution in [2.45, 2.75) is 273 Å². The SMILES string of the molecule is CCCCC/C=C\CCCOC(=O)CCN(CCCN(C)CCCN(CCC(=O)OCCC(=O)OCC(CCCC)CCCCCC)CCC(=O)OCCC(=O)OCC(CCCC)CCCCCC)CCC(=O)OCCC/C=C\CCCCC. The normalized spacial score (nSPS) is 12.4. The van der Waals surface area contributed by atoms with E-state index in [1.807, 2.05) is 0 Å². The summed E-state index contributed by atoms with van der Waals surface area (Å²) in [5, 5.41) is 0. The molecule has 0 aliphatic carbocycles. The van der Waals surface area contributed by atoms with Crippen LogP contribution in [-0.2, 0) is 57.2 Å². The minimum absolute atomic E-state index is 0.00196. The van der Waals surface area contributed by atoms with Gasteiger partial charge in [0.1, 0.15) is 13.2 Å². The molecule has 0 bridgehead atoms. The summed E-state index contributed by atoms with van der Waals surface area (Å²) in [6, 6.07) is 0. The molecule has 0 aromatic rings. The minimum Gasteiger partial charge on any atom is -0.466 e. The summed E-state index contributed by atoms with van der Waals surface area (Å²) in [5.41, 5.74) is 0. The van der Waals surface area contributed by atoms with Crippen LogP contribution in [0.25, 0.3) is 0 Å². The maximum Gasteiger partial charge on any atom is 0.309 e. The first-order valence-corrected chi connectivity index (χ1v) is 34.3. The Morgan fingerprint density at radius 1 is 0.298 bits per heavy atom. The van der Waals surface area contributed by atoms with Crippen LogP contribution >= 0.6 is 0 Å². The molecule has 0 aromatic carbocycles. The highest BCUT2D eigenvalue weighted by Gasteiger charge is 2.18. The van der Waals surface area contributed by atoms with E-state index in [0.29, 0.717) is 77.5 Å². The van der Waals surface area contributed by atoms with Gasteiger partial charge in [0.25, 0.3) is 0 Å². The molecule has 2 atom stereocenters. The number of carbonyl (C=O) groups excluding carboxylic acids is 6. The molecule has 490 valence electrons. The second-order valence-electron chi connectivity index (χ2n) is 23.4. The first kappa shape index (κ1) is 80.2. The number of allylic oxidation sites excluding steroid dienone is 4. The number of hydrogen-bond donors (Lipinski definition) is 0. The average molecular weight is 1190 g/mol. The average Bonchev–Trinajstić information content (AvgIpc) is 3.49. The van der Waals surface area contributed by atoms with E-state index >= 15 is 0 Å². The highest BCUT2D eigenvalue weighted by molar-refractivity contribution is 5.73. The third-order valence-corrected chi connectivity index (χ3v) is 15.4. The van der Waals surface area contributed by atoms with Crippen molar-refractivity contribution >= 4 is 35.8 Å². The van der Waals surface area contributed by atoms with Crippen molar-refractivity contribution in [1.29, 1.82) is 0 Å². The molecule has 0 saturated heterocycles. The number of nitrogens with zero attached hydrogens (tertiary/aromatic N) is 3. The van der Waals surface area contributed by atoms with Gasteiger partial charge in [-0.05, 0) is 135 Å². The van der Waals surface area contributed by atoms with E-state index < -0.39 is 11.9 Å². The Morgan fingerprint density at radius 2 is 0.595 bits per heavy atom. The Bertz CT molecular complexity index is 1540. The molecule has 84 heavy (non-hydrogen) atoms. The number of unbranched alkanes of at least 4 members (excludes halogenated alkanes) is 16. The van der Waals surface area contributed by atoms with Crippen LogP contribution in [0.4, 0.5) is 0 Å². The second-order valence-corrected chi connectivity index (χ2v) is 23.4. The summed E-state index contributed by atoms with van der Waals surface area (Å²) in [5.74, 6) is -1.33. The van der Waals surface area contributed by atoms with Crippen LogP contribution in [0.1, 0.15) is 273 Å². The molecule has 0 aromatic heterocycles. The molecule has 0 aliphatic rings. The molecule has 0 spiro atoms. The van der Waals surface area contributed by atoms with Gasteiger partial charge in [0, 0.05) is 26.2 Å². The molecule has 0 radical (unpaired) electrons. The molecular weight excluding hydrogens is 1060 g/mol. The standard InChI is InChI=1S/C69H127N3O12/c1-8-14-20-24-26-28-30-34-56-79-64(73)42-52-71(53-43-65(74)80-57-35-31-29-27-25-21-15-9-2)50-36-48-70(7)49-37-51-72(54-44-66(75)81-58-46-68(77)83-60-62(38-18-12-5)40-32-22-16-10-3)55-45-67(76)82-59-47-69(78)84-61-63(39-19-13-6)41-33-23-17-11-4/h26-29,62-63H,8-25,30-61H2,1-7H3/b28-26-,29-27-. The van der Waals surface area contributed by atoms with Crippen LogP contribution in [0.2, 0.25) is 0 Å². The Kier molecular flexibility index (Phi) is 58.1. The second kappa shape index (κ2) is 60.9. The van der Waals surface area contributed by atoms with E-state index in [2.05, 4.69) is 87.6 Å². The lowest BCUT2D eigenvalue weighted by molar-refractivity contribution is -0.151. The Morgan fingerprint density at radius 3 is 0.940 bits per heavy atom. The lowest BCUT2D eigenvalue weighted by Gasteiger charge is -2.25. The third kappa shape index (κ3) is 54.8. The number of carbonyl (C=O) groups is 6. The number of hydrogen-bond acceptors (Lipinski definition) is 15. The van der Waals surface area contributed by atoms with E-state index in [9.17, 15) is 28.8 Å². The first-order chi connectivity index (χ1) is 40.9. The maximum atomic E-state index is 13.0. The lowest BCUT2D eigenvalue weighted by atomic mass is 9.96. The zero-order valence-corrected chi connectivity index (χ0v) is 55.1. The molecule has 2 unspecified atom stereocenters. The molecule has 0 rings (SSSR count). The van der Waals surface area contributed by atoms with E-state index in [-0.39, 0.29) is 75.6 Å². The summed E-state index contributed by atoms with van der Waals surface area (Å²) in [6.45, 7) is 19.2. The molecule has 0 fully saturated rings. The van der Waals surface area contributed by atoms with Gasteiger partial charge in [-0.3, -0.25) is 28.8 Å². The monoisotopic (exact) mass is 1190 g/mol. The summed E-state index contributed by atoms with van der Waals surface area (Å²) in [7, 11) is 2.06. The van der Waals surface area contributed by atoms with E-state index in [1.165, 1.54) is 77.0 Å². The Balaban J connectivity index is 5.48. The van der Waals surface area contributed by atoms with Gasteiger partial charge >= 0.3 is 35.8 Å². The summed E-state index contributed by atoms with van der Waals surface area (Å²) in [4.78, 5) is 83.4. The van der Waals surface area contributed by atoms with E-state index in [0.717, 1.165) is 129 Å². The third-order valence-electron chi connectivity index (χ3n) is 15.4. The minimum atomic E-state index is -0.423. The zero-order chi connectivity index (χ0) is 61.8. The fraction of sp³-hybridized carbons (Fsp3) is 0.855. The topological polar surface area (TPSA) is 168 Å². The fourth-order valence-corrected chi connectivity index (χ4v) is 9.86. The summed E-state index contributed by atoms with van der Waals surface area (Å²) < 4.78 is 33.4. The predicted molar refractivity (Wildman–Crippen MR) is 342 cm³/mol. The maximum absolute atomic E-state index is 13.0. The molecule has 0 amide bonds. The molecule has 15 nitrogen and oxygen atoms in total. The largest absolute Gasteiger partial charge is 0.466 e. The van der Waals surface area contributed by atoms with Crippen LogP contribution in [0.15, 0.2) is 24.3 Å². The molecule has 0 N–H and O–H groups in total. The van der Waals surface area contributed by atoms with Crippen molar-refractivity contribution in [2.75, 3.05) is 99.0 Å². The van der Waals surface area contributed by atoms with Gasteiger partial charge in [-0.25, -0.2) is 0 Å². The smallest absolute Gasteiger partial charge is 0.309 e. The van der Waals surface area contributed by atoms with Gasteiger partial charge in [0.15, 0.2) is 0 Å². The van der Waals surface area contributed by atoms with Crippen molar-refractivity contribution in [3.8, 4) is 0 Å². The summed E-state index contributed by atoms with van der Waals surface area (Å²) in [6.07, 6.45) is 42.0. The van der Waals surface area contributed by atoms with Gasteiger partial charge in [0.05, 0.1) is 65.0 Å². The highest BCUT2D eigenvalue weighted by Crippen LogP contribution is 2.20. The van der Waals surface area contributed by atoms with Crippen molar-refractivity contribution in [2.24, 2.45) is 11.8 Å². The van der Waals surface area contributed by atoms with Gasteiger partial charge in [0.2, 0.25) is 0 Å². The lowest BCUT2D eigenvalue weighted by Crippen LogP contribution is -2.34. The first-order valence-electron chi connectivity index (χ1n) is 34.3. The zero-order valence-electron chi connectivity index (χ0n) is 55.1. The molecular formula is C69H127N3O12. The van der Waals surface area contributed by atoms with Crippen molar-refractivity contribution in [1.82, 2.24) is 14.7 Å². The molecule has 0 aliphatic heterocycles. The van der Waals surface area contributed by atoms with E-state index in [4.69, 9.17) is 28.4 Å². The molecule has 0 saturated carbocycles. The number of rotatable bonds is 62. The van der Waals surface area contributed by atoms with Crippen molar-refractivity contribution in [3.63, 3.8) is 0 Å². The number of esters is 6. The van der Waals surface area contributed by atoms with Gasteiger partial charge in [-0.2, -0.15) is 0 Å². The quantitative estimate of drug-likeness (QED) is 0.0244. The van der Waals surface area contributed by atoms with Crippen molar-refractivity contribution in [3.05, 3.63) is 24.3 Å².